The molecule has 0 unspecified atom stereocenters. The van der Waals surface area contributed by atoms with Gasteiger partial charge < -0.3 is 0 Å². The Bertz CT molecular complexity index is 565. The molecule has 0 atom stereocenters. The minimum atomic E-state index is 0.375. The third kappa shape index (κ3) is 1.90. The number of aromatic nitrogens is 1. The van der Waals surface area contributed by atoms with Gasteiger partial charge in [-0.15, -0.1) is 0 Å². The van der Waals surface area contributed by atoms with Crippen molar-refractivity contribution in [3.8, 4) is 0 Å². The van der Waals surface area contributed by atoms with Gasteiger partial charge in [-0.1, -0.05) is 0 Å². The van der Waals surface area contributed by atoms with Crippen LogP contribution in [0.5, 0.6) is 0 Å². The number of H-pyrrole nitrogens is 1. The van der Waals surface area contributed by atoms with E-state index in [1.165, 1.54) is 20.0 Å². The van der Waals surface area contributed by atoms with Crippen LogP contribution in [0.3, 0.4) is 0 Å². The van der Waals surface area contributed by atoms with E-state index in [0.29, 0.717) is 15.0 Å². The zero-order valence-electron chi connectivity index (χ0n) is 8.68. The molecule has 0 aliphatic rings. The Labute approximate surface area is 101 Å². The molecule has 16 heavy (non-hydrogen) atoms. The van der Waals surface area contributed by atoms with Crippen LogP contribution in [0.4, 0.5) is 0 Å². The van der Waals surface area contributed by atoms with E-state index in [1.807, 2.05) is 0 Å². The number of rotatable bonds is 2. The Morgan fingerprint density at radius 3 is 2.38 bits per heavy atom. The first-order valence-corrected chi connectivity index (χ1v) is 6.94. The summed E-state index contributed by atoms with van der Waals surface area (Å²) in [5.41, 5.74) is 1.23. The quantitative estimate of drug-likeness (QED) is 0.685. The van der Waals surface area contributed by atoms with Crippen LogP contribution in [0.15, 0.2) is 60.7 Å². The van der Waals surface area contributed by atoms with Gasteiger partial charge in [0.15, 0.2) is 0 Å². The van der Waals surface area contributed by atoms with Crippen LogP contribution >= 0.6 is 0 Å². The Morgan fingerprint density at radius 2 is 1.56 bits per heavy atom. The molecule has 1 heterocycles. The van der Waals surface area contributed by atoms with Crippen LogP contribution in [-0.4, -0.2) is 19.9 Å². The molecule has 78 valence electrons. The fourth-order valence-corrected chi connectivity index (χ4v) is 3.59. The van der Waals surface area contributed by atoms with Crippen LogP contribution in [-0.2, 0) is 0 Å². The predicted octanol–water partition coefficient (Wildman–Crippen LogP) is 1.82. The predicted molar refractivity (Wildman–Crippen MR) is 69.8 cm³/mol. The van der Waals surface area contributed by atoms with Gasteiger partial charge in [0, 0.05) is 0 Å². The summed E-state index contributed by atoms with van der Waals surface area (Å²) in [6.45, 7) is 0. The monoisotopic (exact) mass is 273 g/mol. The van der Waals surface area contributed by atoms with Gasteiger partial charge in [-0.25, -0.2) is 0 Å². The summed E-state index contributed by atoms with van der Waals surface area (Å²) < 4.78 is 2.74. The van der Waals surface area contributed by atoms with Crippen LogP contribution in [0.1, 0.15) is 0 Å². The van der Waals surface area contributed by atoms with Gasteiger partial charge in [-0.05, 0) is 0 Å². The van der Waals surface area contributed by atoms with Gasteiger partial charge in [-0.3, -0.25) is 0 Å². The van der Waals surface area contributed by atoms with Crippen molar-refractivity contribution in [2.45, 2.75) is 0 Å². The van der Waals surface area contributed by atoms with Crippen molar-refractivity contribution in [1.82, 2.24) is 4.98 Å². The molecule has 0 saturated heterocycles. The summed E-state index contributed by atoms with van der Waals surface area (Å²) in [4.78, 5) is 3.47. The molecule has 0 radical (unpaired) electrons. The van der Waals surface area contributed by atoms with Crippen molar-refractivity contribution in [3.05, 3.63) is 60.7 Å². The van der Waals surface area contributed by atoms with Crippen molar-refractivity contribution in [1.29, 1.82) is 0 Å². The van der Waals surface area contributed by atoms with Crippen LogP contribution < -0.4 is 9.05 Å². The molecule has 0 aliphatic heterocycles. The van der Waals surface area contributed by atoms with Crippen molar-refractivity contribution in [3.63, 3.8) is 0 Å². The molecule has 0 amide bonds. The average molecular weight is 272 g/mol. The summed E-state index contributed by atoms with van der Waals surface area (Å²) >= 11 is 0.375. The van der Waals surface area contributed by atoms with Gasteiger partial charge in [0.2, 0.25) is 0 Å². The van der Waals surface area contributed by atoms with Gasteiger partial charge in [0.1, 0.15) is 0 Å². The second kappa shape index (κ2) is 4.17. The number of fused-ring (bicyclic) bond motifs is 1. The van der Waals surface area contributed by atoms with E-state index in [1.54, 1.807) is 0 Å². The summed E-state index contributed by atoms with van der Waals surface area (Å²) in [7, 11) is 0. The topological polar surface area (TPSA) is 15.8 Å². The van der Waals surface area contributed by atoms with E-state index in [4.69, 9.17) is 0 Å². The molecule has 1 nitrogen and oxygen atoms in total. The molecule has 1 aromatic heterocycles. The molecule has 3 rings (SSSR count). The van der Waals surface area contributed by atoms with E-state index >= 15 is 0 Å². The molecule has 0 spiro atoms. The molecule has 2 heteroatoms. The molecule has 0 bridgehead atoms. The number of para-hydroxylation sites is 1. The number of benzene rings is 2. The molecular formula is C14H11NSe. The van der Waals surface area contributed by atoms with Crippen LogP contribution in [0, 0.1) is 0 Å². The maximum atomic E-state index is 3.47. The Morgan fingerprint density at radius 1 is 0.812 bits per heavy atom. The number of nitrogens with one attached hydrogen (secondary N) is 1. The maximum absolute atomic E-state index is 3.47. The molecule has 0 aliphatic carbocycles. The third-order valence-corrected chi connectivity index (χ3v) is 4.46. The van der Waals surface area contributed by atoms with Crippen LogP contribution in [0.25, 0.3) is 10.9 Å². The molecule has 1 N–H and O–H groups in total. The van der Waals surface area contributed by atoms with Crippen molar-refractivity contribution < 1.29 is 0 Å². The SMILES string of the molecule is c1ccc([Se]c2cc3ccccc3[nH]2)cc1. The average Bonchev–Trinajstić information content (AvgIpc) is 2.72. The third-order valence-electron chi connectivity index (χ3n) is 2.48. The second-order valence-electron chi connectivity index (χ2n) is 3.64. The van der Waals surface area contributed by atoms with E-state index in [0.717, 1.165) is 0 Å². The first-order valence-electron chi connectivity index (χ1n) is 5.22. The van der Waals surface area contributed by atoms with Crippen molar-refractivity contribution in [2.24, 2.45) is 0 Å². The van der Waals surface area contributed by atoms with Gasteiger partial charge >= 0.3 is 101 Å². The minimum absolute atomic E-state index is 0.375. The molecule has 0 saturated carbocycles. The zero-order chi connectivity index (χ0) is 10.8. The van der Waals surface area contributed by atoms with Gasteiger partial charge in [0.05, 0.1) is 0 Å². The summed E-state index contributed by atoms with van der Waals surface area (Å²) in [5, 5.41) is 1.30. The Balaban J connectivity index is 1.95. The fourth-order valence-electron chi connectivity index (χ4n) is 1.72. The Hall–Kier alpha value is -1.50. The standard InChI is InChI=1S/C14H11NSe/c1-2-7-12(8-3-1)16-14-10-11-6-4-5-9-13(11)15-14/h1-10,15H. The van der Waals surface area contributed by atoms with Crippen molar-refractivity contribution in [2.75, 3.05) is 0 Å². The first-order chi connectivity index (χ1) is 7.92. The summed E-state index contributed by atoms with van der Waals surface area (Å²) in [6.07, 6.45) is 0. The van der Waals surface area contributed by atoms with Gasteiger partial charge in [0.25, 0.3) is 0 Å². The first kappa shape index (κ1) is 9.71. The summed E-state index contributed by atoms with van der Waals surface area (Å²) in [6, 6.07) is 21.3. The normalized spacial score (nSPS) is 10.8. The zero-order valence-corrected chi connectivity index (χ0v) is 10.4. The van der Waals surface area contributed by atoms with Crippen LogP contribution in [0.2, 0.25) is 0 Å². The number of hydrogen-bond acceptors (Lipinski definition) is 0. The second-order valence-corrected chi connectivity index (χ2v) is 5.98. The molecular weight excluding hydrogens is 261 g/mol. The van der Waals surface area contributed by atoms with E-state index < -0.39 is 0 Å². The van der Waals surface area contributed by atoms with E-state index in [9.17, 15) is 0 Å². The number of aromatic amines is 1. The number of hydrogen-bond donors (Lipinski definition) is 1. The van der Waals surface area contributed by atoms with Gasteiger partial charge in [-0.2, -0.15) is 0 Å². The molecule has 3 aromatic rings. The molecule has 2 aromatic carbocycles. The van der Waals surface area contributed by atoms with E-state index in [2.05, 4.69) is 65.6 Å². The van der Waals surface area contributed by atoms with E-state index in [-0.39, 0.29) is 0 Å². The molecule has 0 fully saturated rings. The summed E-state index contributed by atoms with van der Waals surface area (Å²) in [5.74, 6) is 0. The van der Waals surface area contributed by atoms with Crippen molar-refractivity contribution >= 4 is 34.9 Å². The Kier molecular flexibility index (Phi) is 2.53. The fraction of sp³-hybridized carbons (Fsp3) is 0.